The summed E-state index contributed by atoms with van der Waals surface area (Å²) < 4.78 is 286. The Bertz CT molecular complexity index is 4990. The molecule has 8 saturated heterocycles. The molecule has 17 rings (SSSR count). The number of fused-ring (bicyclic) bond motifs is 8. The van der Waals surface area contributed by atoms with Gasteiger partial charge in [0.05, 0.1) is 106 Å². The molecule has 9 aliphatic rings. The molecule has 0 aromatic heterocycles. The van der Waals surface area contributed by atoms with Crippen molar-refractivity contribution in [3.05, 3.63) is 237 Å². The molecule has 0 unspecified atom stereocenters. The van der Waals surface area contributed by atoms with Crippen LogP contribution in [-0.4, -0.2) is 106 Å². The topological polar surface area (TPSA) is 358 Å². The molecule has 712 valence electrons. The summed E-state index contributed by atoms with van der Waals surface area (Å²) in [5.74, 6) is -9.07. The van der Waals surface area contributed by atoms with Crippen LogP contribution in [0.15, 0.2) is 170 Å². The first-order valence-corrected chi connectivity index (χ1v) is 55.2. The van der Waals surface area contributed by atoms with E-state index >= 15 is 36.5 Å². The monoisotopic (exact) mass is 1980 g/mol. The van der Waals surface area contributed by atoms with Crippen LogP contribution in [0.2, 0.25) is 0 Å². The van der Waals surface area contributed by atoms with Gasteiger partial charge in [0.1, 0.15) is 46.0 Å². The van der Waals surface area contributed by atoms with Gasteiger partial charge in [0.25, 0.3) is 0 Å². The van der Waals surface area contributed by atoms with Gasteiger partial charge in [0.15, 0.2) is 0 Å². The van der Waals surface area contributed by atoms with Crippen molar-refractivity contribution in [2.24, 2.45) is 43.3 Å². The summed E-state index contributed by atoms with van der Waals surface area (Å²) in [5, 5.41) is 0. The van der Waals surface area contributed by atoms with Crippen molar-refractivity contribution in [1.82, 2.24) is 0 Å². The van der Waals surface area contributed by atoms with Gasteiger partial charge in [0, 0.05) is 136 Å². The highest BCUT2D eigenvalue weighted by Gasteiger charge is 2.53. The summed E-state index contributed by atoms with van der Waals surface area (Å²) in [6.07, 6.45) is 0. The minimum atomic E-state index is -4.93. The van der Waals surface area contributed by atoms with Crippen LogP contribution in [0.5, 0.6) is 46.0 Å². The molecule has 8 heterocycles. The normalized spacial score (nSPS) is 26.1. The molecule has 8 aromatic rings. The standard InChI is InChI=1S/C92H112O32P8/c1-85(2)45-101-125(93,102-46-85)117-73-41-74(118-126(94)103-47-86(3,4)48-104-126)66-37-65(73)81(61-29-21-17-22-30-61)67-38-68(76(120-128(96)107-51-88(7,8)52-108-128)42-75(67)119-127(95)105-49-87(5,6)50-106-127)83(63-33-25-19-26-34-63)71-40-72(80(124-132(100)115-59-92(15,16)60-116-132)44-79(71)123-131(99)113-57-91(13,14)58-114-131)84(64-35-27-20-28-36-64)70-39-69(82(66)62-31-23-18-24-32-62)77(121-129(97)109-53-89(9,10)54-110-129)43-78(70)122-130(98)111-55-90(11,12)56-112-130/h17-44,81-84H,45-60H2,1-16H3. The van der Waals surface area contributed by atoms with Crippen molar-refractivity contribution in [1.29, 1.82) is 0 Å². The molecule has 0 N–H and O–H groups in total. The summed E-state index contributed by atoms with van der Waals surface area (Å²) in [6.45, 7) is 26.8. The molecule has 132 heavy (non-hydrogen) atoms. The molecular formula is C92H112O32P8. The van der Waals surface area contributed by atoms with E-state index in [9.17, 15) is 0 Å². The molecule has 1 aliphatic carbocycles. The Labute approximate surface area is 769 Å². The van der Waals surface area contributed by atoms with Crippen LogP contribution in [0.1, 0.15) is 201 Å². The third-order valence-electron chi connectivity index (χ3n) is 23.1. The molecule has 0 spiro atoms. The highest BCUT2D eigenvalue weighted by atomic mass is 31.2. The Balaban J connectivity index is 1.10. The lowest BCUT2D eigenvalue weighted by Crippen LogP contribution is -2.31. The number of benzene rings is 8. The Morgan fingerprint density at radius 3 is 0.394 bits per heavy atom. The first-order valence-electron chi connectivity index (χ1n) is 43.5. The van der Waals surface area contributed by atoms with Gasteiger partial charge in [0.2, 0.25) is 0 Å². The van der Waals surface area contributed by atoms with E-state index in [-0.39, 0.29) is 196 Å². The SMILES string of the molecule is CC1(C)COP(=O)(Oc2cc(OP3(=O)OCC(C)(C)CO3)c3cc2C(c2ccccc2)c2cc(c(OP4(=O)OCC(C)(C)CO4)cc2OP2(=O)OCC(C)(C)CO2)C(c2ccccc2)c2cc(c(OP4(=O)OCC(C)(C)CO4)cc2OP2(=O)OCC(C)(C)CO2)C(c2ccccc2)c2cc(c(OP4(=O)OCC(C)(C)CO4)cc2OP2(=O)OCC(C)(C)CO2)C3c2ccccc2)OC1. The van der Waals surface area contributed by atoms with Crippen LogP contribution in [0.4, 0.5) is 0 Å². The summed E-state index contributed by atoms with van der Waals surface area (Å²) >= 11 is 0. The highest BCUT2D eigenvalue weighted by Crippen LogP contribution is 2.69. The van der Waals surface area contributed by atoms with Gasteiger partial charge in [-0.25, -0.2) is 36.5 Å². The van der Waals surface area contributed by atoms with E-state index in [1.54, 1.807) is 146 Å². The minimum absolute atomic E-state index is 0.00873. The van der Waals surface area contributed by atoms with Gasteiger partial charge in [-0.3, -0.25) is 72.4 Å². The molecule has 8 fully saturated rings. The molecule has 0 amide bonds. The van der Waals surface area contributed by atoms with Crippen molar-refractivity contribution >= 4 is 62.6 Å². The van der Waals surface area contributed by atoms with Crippen molar-refractivity contribution in [2.75, 3.05) is 106 Å². The van der Waals surface area contributed by atoms with E-state index in [4.69, 9.17) is 109 Å². The van der Waals surface area contributed by atoms with E-state index in [0.717, 1.165) is 0 Å². The van der Waals surface area contributed by atoms with Gasteiger partial charge in [-0.15, -0.1) is 0 Å². The van der Waals surface area contributed by atoms with E-state index in [0.29, 0.717) is 22.3 Å². The predicted molar refractivity (Wildman–Crippen MR) is 487 cm³/mol. The second-order valence-corrected chi connectivity index (χ2v) is 53.8. The maximum Gasteiger partial charge on any atom is 0.530 e. The van der Waals surface area contributed by atoms with Crippen molar-refractivity contribution < 1.29 is 145 Å². The van der Waals surface area contributed by atoms with Crippen molar-refractivity contribution in [2.45, 2.75) is 134 Å². The maximum atomic E-state index is 16.2. The Morgan fingerprint density at radius 1 is 0.182 bits per heavy atom. The third-order valence-corrected chi connectivity index (χ3v) is 33.6. The quantitative estimate of drug-likeness (QED) is 0.0640. The molecule has 0 radical (unpaired) electrons. The van der Waals surface area contributed by atoms with E-state index in [2.05, 4.69) is 0 Å². The summed E-state index contributed by atoms with van der Waals surface area (Å²) in [7, 11) is -39.4. The fourth-order valence-electron chi connectivity index (χ4n) is 15.6. The molecule has 0 atom stereocenters. The Hall–Kier alpha value is -6.64. The average molecular weight is 1980 g/mol. The van der Waals surface area contributed by atoms with Gasteiger partial charge < -0.3 is 36.2 Å². The van der Waals surface area contributed by atoms with Gasteiger partial charge in [-0.1, -0.05) is 232 Å². The number of hydrogen-bond donors (Lipinski definition) is 0. The molecule has 32 nitrogen and oxygen atoms in total. The fourth-order valence-corrected chi connectivity index (χ4v) is 28.3. The zero-order valence-electron chi connectivity index (χ0n) is 76.4. The molecule has 8 aliphatic heterocycles. The fraction of sp³-hybridized carbons (Fsp3) is 0.478. The minimum Gasteiger partial charge on any atom is -0.404 e. The van der Waals surface area contributed by atoms with Crippen LogP contribution >= 0.6 is 62.6 Å². The first-order chi connectivity index (χ1) is 61.9. The second-order valence-electron chi connectivity index (χ2n) is 41.1. The molecule has 40 heteroatoms. The van der Waals surface area contributed by atoms with Crippen LogP contribution in [-0.2, 0) is 109 Å². The zero-order chi connectivity index (χ0) is 93.9. The van der Waals surface area contributed by atoms with Gasteiger partial charge in [-0.2, -0.15) is 0 Å². The summed E-state index contributed by atoms with van der Waals surface area (Å²) in [5.41, 5.74) is -4.57. The average Bonchev–Trinajstić information content (AvgIpc) is 0.721. The van der Waals surface area contributed by atoms with Crippen molar-refractivity contribution in [3.8, 4) is 46.0 Å². The second kappa shape index (κ2) is 36.0. The van der Waals surface area contributed by atoms with Gasteiger partial charge in [-0.05, 0) is 46.5 Å². The number of hydrogen-bond acceptors (Lipinski definition) is 32. The van der Waals surface area contributed by atoms with Crippen LogP contribution in [0.25, 0.3) is 0 Å². The summed E-state index contributed by atoms with van der Waals surface area (Å²) in [4.78, 5) is 0. The first kappa shape index (κ1) is 97.0. The Kier molecular flexibility index (Phi) is 26.4. The smallest absolute Gasteiger partial charge is 0.404 e. The number of rotatable bonds is 20. The molecular weight excluding hydrogens is 1860 g/mol. The predicted octanol–water partition coefficient (Wildman–Crippen LogP) is 25.2. The maximum absolute atomic E-state index is 16.2. The molecule has 8 aromatic carbocycles. The highest BCUT2D eigenvalue weighted by molar-refractivity contribution is 7.51. The third kappa shape index (κ3) is 22.1. The zero-order valence-corrected chi connectivity index (χ0v) is 83.6. The molecule has 0 saturated carbocycles. The van der Waals surface area contributed by atoms with Crippen LogP contribution < -0.4 is 36.2 Å². The van der Waals surface area contributed by atoms with Gasteiger partial charge >= 0.3 is 62.6 Å². The number of phosphoric acid groups is 8. The Morgan fingerprint density at radius 2 is 0.288 bits per heavy atom. The number of phosphoric ester groups is 8. The lowest BCUT2D eigenvalue weighted by molar-refractivity contribution is 0.0168. The lowest BCUT2D eigenvalue weighted by atomic mass is 9.75. The van der Waals surface area contributed by atoms with Crippen LogP contribution in [0.3, 0.4) is 0 Å². The van der Waals surface area contributed by atoms with E-state index in [1.807, 2.05) is 111 Å². The largest absolute Gasteiger partial charge is 0.530 e. The van der Waals surface area contributed by atoms with Crippen molar-refractivity contribution in [3.63, 3.8) is 0 Å². The van der Waals surface area contributed by atoms with E-state index in [1.165, 1.54) is 24.3 Å². The lowest BCUT2D eigenvalue weighted by Gasteiger charge is -2.37. The van der Waals surface area contributed by atoms with Crippen LogP contribution in [0, 0.1) is 43.3 Å². The molecule has 8 bridgehead atoms. The summed E-state index contributed by atoms with van der Waals surface area (Å²) in [6, 6.07) is 46.9. The van der Waals surface area contributed by atoms with E-state index < -0.39 is 130 Å².